The zero-order valence-corrected chi connectivity index (χ0v) is 61.5. The van der Waals surface area contributed by atoms with Crippen LogP contribution >= 0.6 is 11.3 Å². The SMILES string of the molecule is c1ccc(C(=C(c2ccccc2)c2ccc(N(c3ccc(-c4ccc(-c5ccc(-c6ccc(-c7ccc(N(c8ccc(C(=C(c9ccccc9)c9ccccc9)c9ccccc9)cc8)c8cccc9ccccc89)c8c7N=S=N8)cc6)s5)cc4)c4c3N=S=N4)c3cccc4ccccc34)cc2)c2ccccc2)cc1. The van der Waals surface area contributed by atoms with E-state index >= 15 is 0 Å². The van der Waals surface area contributed by atoms with Crippen molar-refractivity contribution < 1.29 is 0 Å². The van der Waals surface area contributed by atoms with E-state index in [9.17, 15) is 0 Å². The fourth-order valence-corrected chi connectivity index (χ4v) is 17.6. The van der Waals surface area contributed by atoms with Gasteiger partial charge < -0.3 is 9.80 Å². The highest BCUT2D eigenvalue weighted by molar-refractivity contribution is 7.58. The standard InChI is InChI=1S/C100H66N6S3/c1-7-27-73(28-8-1)93(74-29-9-2-10-30-74)95(77-35-15-5-16-36-77)79-53-57-81(58-54-79)105(87-43-23-39-67-25-19-21-41-83(67)87)89-63-61-85(97-99(89)103-108-101-97)69-45-49-71(50-46-69)91-65-66-92(107-91)72-51-47-70(48-52-72)86-62-64-90(100-98(86)102-109-104-100)106(88-44-24-40-68-26-20-22-42-84(68)88)82-59-55-80(56-60-82)96(78-37-17-6-18-38-78)94(75-31-11-3-12-32-75)76-33-13-4-14-34-76/h1-66H. The average molecular weight is 1450 g/mol. The summed E-state index contributed by atoms with van der Waals surface area (Å²) >= 11 is 4.30. The molecule has 0 spiro atoms. The molecule has 16 aromatic carbocycles. The van der Waals surface area contributed by atoms with Crippen LogP contribution in [0.2, 0.25) is 0 Å². The summed E-state index contributed by atoms with van der Waals surface area (Å²) in [5.74, 6) is 0. The van der Waals surface area contributed by atoms with E-state index in [0.29, 0.717) is 0 Å². The number of fused-ring (bicyclic) bond motifs is 4. The van der Waals surface area contributed by atoms with Gasteiger partial charge >= 0.3 is 0 Å². The lowest BCUT2D eigenvalue weighted by molar-refractivity contribution is 1.29. The summed E-state index contributed by atoms with van der Waals surface area (Å²) < 4.78 is 20.3. The molecule has 0 amide bonds. The Hall–Kier alpha value is -13.5. The second kappa shape index (κ2) is 29.4. The number of hydrogen-bond donors (Lipinski definition) is 0. The van der Waals surface area contributed by atoms with E-state index in [1.165, 1.54) is 43.6 Å². The third-order valence-corrected chi connectivity index (χ3v) is 22.8. The molecule has 0 atom stereocenters. The molecule has 0 bridgehead atoms. The molecule has 3 heterocycles. The highest BCUT2D eigenvalue weighted by Crippen LogP contribution is 2.55. The molecule has 109 heavy (non-hydrogen) atoms. The topological polar surface area (TPSA) is 55.9 Å². The summed E-state index contributed by atoms with van der Waals surface area (Å²) in [7, 11) is 0. The molecule has 514 valence electrons. The first-order valence-corrected chi connectivity index (χ1v) is 38.8. The minimum atomic E-state index is 0.840. The Morgan fingerprint density at radius 3 is 0.807 bits per heavy atom. The first-order chi connectivity index (χ1) is 54.1. The van der Waals surface area contributed by atoms with Crippen molar-refractivity contribution >= 4 is 135 Å². The number of thiophene rings is 1. The Bertz CT molecular complexity index is 6000. The molecule has 0 radical (unpaired) electrons. The van der Waals surface area contributed by atoms with Crippen molar-refractivity contribution in [3.63, 3.8) is 0 Å². The van der Waals surface area contributed by atoms with Gasteiger partial charge in [-0.1, -0.05) is 328 Å². The molecule has 2 aliphatic heterocycles. The maximum atomic E-state index is 5.11. The molecule has 0 N–H and O–H groups in total. The number of anilines is 6. The van der Waals surface area contributed by atoms with Gasteiger partial charge in [-0.2, -0.15) is 17.5 Å². The van der Waals surface area contributed by atoms with Gasteiger partial charge in [-0.3, -0.25) is 0 Å². The lowest BCUT2D eigenvalue weighted by atomic mass is 9.86. The molecule has 0 fully saturated rings. The van der Waals surface area contributed by atoms with Crippen molar-refractivity contribution in [2.75, 3.05) is 9.80 Å². The van der Waals surface area contributed by atoms with Crippen molar-refractivity contribution in [2.24, 2.45) is 17.5 Å². The van der Waals surface area contributed by atoms with Crippen LogP contribution in [0.1, 0.15) is 44.5 Å². The van der Waals surface area contributed by atoms with E-state index in [1.807, 2.05) is 0 Å². The zero-order valence-electron chi connectivity index (χ0n) is 59.0. The highest BCUT2D eigenvalue weighted by atomic mass is 32.1. The van der Waals surface area contributed by atoms with E-state index in [4.69, 9.17) is 17.5 Å². The largest absolute Gasteiger partial charge is 0.308 e. The fraction of sp³-hybridized carbons (Fsp3) is 0. The van der Waals surface area contributed by atoms with Gasteiger partial charge in [-0.15, -0.1) is 11.3 Å². The number of rotatable bonds is 18. The first-order valence-electron chi connectivity index (χ1n) is 36.5. The summed E-state index contributed by atoms with van der Waals surface area (Å²) in [6, 6.07) is 144. The first kappa shape index (κ1) is 66.2. The maximum absolute atomic E-state index is 5.11. The van der Waals surface area contributed by atoms with E-state index < -0.39 is 0 Å². The van der Waals surface area contributed by atoms with Crippen LogP contribution in [0.4, 0.5) is 56.9 Å². The van der Waals surface area contributed by atoms with Gasteiger partial charge in [0, 0.05) is 43.0 Å². The Morgan fingerprint density at radius 2 is 0.477 bits per heavy atom. The molecule has 0 aliphatic carbocycles. The van der Waals surface area contributed by atoms with Crippen molar-refractivity contribution in [1.82, 2.24) is 0 Å². The molecule has 6 nitrogen and oxygen atoms in total. The summed E-state index contributed by atoms with van der Waals surface area (Å²) in [6.07, 6.45) is 0. The molecule has 17 aromatic rings. The highest BCUT2D eigenvalue weighted by Gasteiger charge is 2.28. The molecule has 0 saturated carbocycles. The monoisotopic (exact) mass is 1450 g/mol. The number of nitrogens with zero attached hydrogens (tertiary/aromatic N) is 6. The van der Waals surface area contributed by atoms with E-state index in [2.05, 4.69) is 410 Å². The van der Waals surface area contributed by atoms with Gasteiger partial charge in [-0.05, 0) is 173 Å². The van der Waals surface area contributed by atoms with E-state index in [0.717, 1.165) is 167 Å². The van der Waals surface area contributed by atoms with Crippen molar-refractivity contribution in [2.45, 2.75) is 0 Å². The van der Waals surface area contributed by atoms with Gasteiger partial charge in [0.1, 0.15) is 22.7 Å². The number of benzene rings is 16. The normalized spacial score (nSPS) is 11.7. The van der Waals surface area contributed by atoms with Gasteiger partial charge in [0.2, 0.25) is 0 Å². The summed E-state index contributed by atoms with van der Waals surface area (Å²) in [4.78, 5) is 7.09. The second-order valence-corrected chi connectivity index (χ2v) is 29.1. The molecule has 0 unspecified atom stereocenters. The van der Waals surface area contributed by atoms with Crippen LogP contribution < -0.4 is 9.80 Å². The van der Waals surface area contributed by atoms with Crippen LogP contribution in [0.15, 0.2) is 418 Å². The molecule has 19 rings (SSSR count). The second-order valence-electron chi connectivity index (χ2n) is 27.0. The Kier molecular flexibility index (Phi) is 17.9. The van der Waals surface area contributed by atoms with Crippen LogP contribution in [0.5, 0.6) is 0 Å². The smallest absolute Gasteiger partial charge is 0.129 e. The van der Waals surface area contributed by atoms with E-state index in [1.54, 1.807) is 11.3 Å². The Labute approximate surface area is 645 Å². The van der Waals surface area contributed by atoms with Crippen LogP contribution in [0.25, 0.3) is 87.0 Å². The molecule has 0 saturated heterocycles. The van der Waals surface area contributed by atoms with Crippen molar-refractivity contribution in [1.29, 1.82) is 0 Å². The van der Waals surface area contributed by atoms with Crippen LogP contribution in [-0.2, 0) is 22.7 Å². The van der Waals surface area contributed by atoms with Gasteiger partial charge in [-0.25, -0.2) is 0 Å². The van der Waals surface area contributed by atoms with Crippen LogP contribution in [-0.4, -0.2) is 0 Å². The maximum Gasteiger partial charge on any atom is 0.129 e. The summed E-state index contributed by atoms with van der Waals surface area (Å²) in [6.45, 7) is 0. The molecule has 1 aromatic heterocycles. The fourth-order valence-electron chi connectivity index (χ4n) is 15.4. The molecule has 9 heteroatoms. The third kappa shape index (κ3) is 12.8. The average Bonchev–Trinajstić information content (AvgIpc) is 1.75. The van der Waals surface area contributed by atoms with Gasteiger partial charge in [0.25, 0.3) is 0 Å². The molecular formula is C100H66N6S3. The Balaban J connectivity index is 0.617. The molecule has 2 aliphatic rings. The van der Waals surface area contributed by atoms with E-state index in [-0.39, 0.29) is 0 Å². The predicted octanol–water partition coefficient (Wildman–Crippen LogP) is 29.1. The zero-order chi connectivity index (χ0) is 72.4. The lowest BCUT2D eigenvalue weighted by Gasteiger charge is -2.28. The van der Waals surface area contributed by atoms with Gasteiger partial charge in [0.15, 0.2) is 0 Å². The van der Waals surface area contributed by atoms with Gasteiger partial charge in [0.05, 0.1) is 45.5 Å². The lowest BCUT2D eigenvalue weighted by Crippen LogP contribution is -2.11. The summed E-state index contributed by atoms with van der Waals surface area (Å²) in [5.41, 5.74) is 29.7. The third-order valence-electron chi connectivity index (χ3n) is 20.6. The molecular weight excluding hydrogens is 1380 g/mol. The quantitative estimate of drug-likeness (QED) is 0.0804. The minimum absolute atomic E-state index is 0.840. The van der Waals surface area contributed by atoms with Crippen LogP contribution in [0.3, 0.4) is 0 Å². The van der Waals surface area contributed by atoms with Crippen molar-refractivity contribution in [3.8, 4) is 43.1 Å². The predicted molar refractivity (Wildman–Crippen MR) is 462 cm³/mol. The Morgan fingerprint density at radius 1 is 0.202 bits per heavy atom. The van der Waals surface area contributed by atoms with Crippen molar-refractivity contribution in [3.05, 3.63) is 445 Å². The van der Waals surface area contributed by atoms with Crippen LogP contribution in [0, 0.1) is 0 Å². The summed E-state index contributed by atoms with van der Waals surface area (Å²) in [5, 5.41) is 4.59. The number of hydrogen-bond acceptors (Lipinski definition) is 7. The minimum Gasteiger partial charge on any atom is -0.308 e.